The molecule has 0 N–H and O–H groups in total. The second-order valence-electron chi connectivity index (χ2n) is 4.86. The van der Waals surface area contributed by atoms with Crippen LogP contribution in [0, 0.1) is 0 Å². The Hall–Kier alpha value is -0.220. The molecule has 4 heteroatoms. The van der Waals surface area contributed by atoms with Gasteiger partial charge in [0.25, 0.3) is 0 Å². The summed E-state index contributed by atoms with van der Waals surface area (Å²) in [5.41, 5.74) is -0.393. The summed E-state index contributed by atoms with van der Waals surface area (Å²) in [7, 11) is 0.455. The van der Waals surface area contributed by atoms with Gasteiger partial charge in [-0.1, -0.05) is 13.3 Å². The van der Waals surface area contributed by atoms with Crippen LogP contribution in [0.3, 0.4) is 0 Å². The molecule has 0 radical (unpaired) electrons. The Morgan fingerprint density at radius 2 is 1.87 bits per heavy atom. The van der Waals surface area contributed by atoms with E-state index in [4.69, 9.17) is 4.74 Å². The van der Waals surface area contributed by atoms with Gasteiger partial charge >= 0.3 is 0 Å². The van der Waals surface area contributed by atoms with Gasteiger partial charge in [-0.05, 0) is 34.1 Å². The molecule has 0 aliphatic rings. The first-order valence-corrected chi connectivity index (χ1v) is 6.38. The highest BCUT2D eigenvalue weighted by atomic mass is 32.2. The van der Waals surface area contributed by atoms with Gasteiger partial charge in [-0.25, -0.2) is 4.21 Å². The molecule has 0 spiro atoms. The SMILES string of the molecule is CCC[C@@](C)(/C=N/[S@](=O)C(C)(C)C)OC. The average molecular weight is 233 g/mol. The van der Waals surface area contributed by atoms with Crippen molar-refractivity contribution in [3.05, 3.63) is 0 Å². The quantitative estimate of drug-likeness (QED) is 0.685. The van der Waals surface area contributed by atoms with Crippen molar-refractivity contribution in [2.75, 3.05) is 7.11 Å². The second-order valence-corrected chi connectivity index (χ2v) is 6.80. The molecule has 2 atom stereocenters. The summed E-state index contributed by atoms with van der Waals surface area (Å²) in [6, 6.07) is 0. The smallest absolute Gasteiger partial charge is 0.144 e. The second kappa shape index (κ2) is 5.75. The van der Waals surface area contributed by atoms with Crippen molar-refractivity contribution < 1.29 is 8.95 Å². The van der Waals surface area contributed by atoms with Crippen molar-refractivity contribution in [2.24, 2.45) is 4.40 Å². The molecule has 3 nitrogen and oxygen atoms in total. The van der Waals surface area contributed by atoms with Crippen LogP contribution >= 0.6 is 0 Å². The third-order valence-corrected chi connectivity index (χ3v) is 3.50. The average Bonchev–Trinajstić information content (AvgIpc) is 2.13. The number of methoxy groups -OCH3 is 1. The summed E-state index contributed by atoms with van der Waals surface area (Å²) in [6.07, 6.45) is 3.57. The van der Waals surface area contributed by atoms with Crippen LogP contribution in [0.15, 0.2) is 4.40 Å². The zero-order valence-corrected chi connectivity index (χ0v) is 11.5. The fourth-order valence-corrected chi connectivity index (χ4v) is 1.67. The van der Waals surface area contributed by atoms with Gasteiger partial charge in [-0.3, -0.25) is 0 Å². The molecule has 0 heterocycles. The summed E-state index contributed by atoms with van der Waals surface area (Å²) >= 11 is 0. The first kappa shape index (κ1) is 14.8. The predicted molar refractivity (Wildman–Crippen MR) is 66.7 cm³/mol. The monoisotopic (exact) mass is 233 g/mol. The highest BCUT2D eigenvalue weighted by Gasteiger charge is 2.23. The number of hydrogen-bond donors (Lipinski definition) is 0. The number of ether oxygens (including phenoxy) is 1. The Balaban J connectivity index is 4.55. The van der Waals surface area contributed by atoms with Crippen molar-refractivity contribution in [2.45, 2.75) is 57.8 Å². The van der Waals surface area contributed by atoms with E-state index in [-0.39, 0.29) is 4.75 Å². The first-order chi connectivity index (χ1) is 6.75. The van der Waals surface area contributed by atoms with Crippen LogP contribution in [0.25, 0.3) is 0 Å². The van der Waals surface area contributed by atoms with Crippen LogP contribution < -0.4 is 0 Å². The van der Waals surface area contributed by atoms with E-state index in [1.807, 2.05) is 27.7 Å². The van der Waals surface area contributed by atoms with E-state index in [9.17, 15) is 4.21 Å². The van der Waals surface area contributed by atoms with Crippen LogP contribution in [0.4, 0.5) is 0 Å². The van der Waals surface area contributed by atoms with Gasteiger partial charge in [-0.15, -0.1) is 0 Å². The highest BCUT2D eigenvalue weighted by Crippen LogP contribution is 2.17. The molecule has 0 unspecified atom stereocenters. The van der Waals surface area contributed by atoms with Crippen LogP contribution in [-0.4, -0.2) is 27.9 Å². The maximum Gasteiger partial charge on any atom is 0.144 e. The minimum absolute atomic E-state index is 0.308. The van der Waals surface area contributed by atoms with Gasteiger partial charge in [-0.2, -0.15) is 4.40 Å². The summed E-state index contributed by atoms with van der Waals surface area (Å²) in [6.45, 7) is 9.77. The summed E-state index contributed by atoms with van der Waals surface area (Å²) < 4.78 is 20.8. The van der Waals surface area contributed by atoms with Gasteiger partial charge in [0.15, 0.2) is 0 Å². The van der Waals surface area contributed by atoms with E-state index < -0.39 is 16.6 Å². The molecule has 0 aliphatic carbocycles. The molecular weight excluding hydrogens is 210 g/mol. The molecule has 0 fully saturated rings. The lowest BCUT2D eigenvalue weighted by atomic mass is 10.0. The van der Waals surface area contributed by atoms with Gasteiger partial charge in [0, 0.05) is 13.3 Å². The van der Waals surface area contributed by atoms with Gasteiger partial charge < -0.3 is 4.74 Å². The third kappa shape index (κ3) is 5.42. The zero-order chi connectivity index (χ0) is 12.1. The van der Waals surface area contributed by atoms with Crippen molar-refractivity contribution >= 4 is 17.2 Å². The van der Waals surface area contributed by atoms with Crippen molar-refractivity contribution in [1.29, 1.82) is 0 Å². The van der Waals surface area contributed by atoms with E-state index in [1.165, 1.54) is 0 Å². The Labute approximate surface area is 95.9 Å². The van der Waals surface area contributed by atoms with Crippen LogP contribution in [0.5, 0.6) is 0 Å². The van der Waals surface area contributed by atoms with E-state index in [0.29, 0.717) is 0 Å². The molecule has 15 heavy (non-hydrogen) atoms. The Morgan fingerprint density at radius 3 is 2.20 bits per heavy atom. The van der Waals surface area contributed by atoms with E-state index in [0.717, 1.165) is 12.8 Å². The lowest BCUT2D eigenvalue weighted by Crippen LogP contribution is -2.30. The molecular formula is C11H23NO2S. The molecule has 0 aliphatic heterocycles. The summed E-state index contributed by atoms with van der Waals surface area (Å²) in [4.78, 5) is 0. The molecule has 0 amide bonds. The van der Waals surface area contributed by atoms with E-state index >= 15 is 0 Å². The zero-order valence-electron chi connectivity index (χ0n) is 10.7. The third-order valence-electron chi connectivity index (χ3n) is 2.16. The fraction of sp³-hybridized carbons (Fsp3) is 0.909. The largest absolute Gasteiger partial charge is 0.373 e. The van der Waals surface area contributed by atoms with E-state index in [2.05, 4.69) is 11.3 Å². The van der Waals surface area contributed by atoms with Crippen LogP contribution in [-0.2, 0) is 15.7 Å². The van der Waals surface area contributed by atoms with Crippen molar-refractivity contribution in [3.8, 4) is 0 Å². The maximum absolute atomic E-state index is 11.7. The molecule has 0 saturated carbocycles. The topological polar surface area (TPSA) is 38.7 Å². The first-order valence-electron chi connectivity index (χ1n) is 5.27. The van der Waals surface area contributed by atoms with Crippen LogP contribution in [0.2, 0.25) is 0 Å². The van der Waals surface area contributed by atoms with Gasteiger partial charge in [0.2, 0.25) is 0 Å². The molecule has 0 saturated heterocycles. The Morgan fingerprint density at radius 1 is 1.33 bits per heavy atom. The standard InChI is InChI=1S/C11H23NO2S/c1-7-8-11(5,14-6)9-12-15(13)10(2,3)4/h9H,7-8H2,1-6H3/b12-9+/t11-,15+/m0/s1. The highest BCUT2D eigenvalue weighted by molar-refractivity contribution is 7.85. The molecule has 90 valence electrons. The number of hydrogen-bond acceptors (Lipinski definition) is 2. The van der Waals surface area contributed by atoms with Gasteiger partial charge in [0.1, 0.15) is 16.6 Å². The van der Waals surface area contributed by atoms with Crippen molar-refractivity contribution in [3.63, 3.8) is 0 Å². The molecule has 0 aromatic rings. The van der Waals surface area contributed by atoms with Gasteiger partial charge in [0.05, 0.1) is 4.75 Å². The minimum Gasteiger partial charge on any atom is -0.373 e. The van der Waals surface area contributed by atoms with E-state index in [1.54, 1.807) is 13.3 Å². The number of nitrogens with zero attached hydrogens (tertiary/aromatic N) is 1. The van der Waals surface area contributed by atoms with Crippen molar-refractivity contribution in [1.82, 2.24) is 0 Å². The Bertz CT molecular complexity index is 245. The Kier molecular flexibility index (Phi) is 5.67. The minimum atomic E-state index is -1.20. The lowest BCUT2D eigenvalue weighted by Gasteiger charge is -2.23. The number of rotatable bonds is 5. The van der Waals surface area contributed by atoms with Crippen LogP contribution in [0.1, 0.15) is 47.5 Å². The molecule has 0 bridgehead atoms. The summed E-state index contributed by atoms with van der Waals surface area (Å²) in [5, 5.41) is 0. The predicted octanol–water partition coefficient (Wildman–Crippen LogP) is 2.72. The normalized spacial score (nSPS) is 19.1. The summed E-state index contributed by atoms with van der Waals surface area (Å²) in [5.74, 6) is 0. The molecule has 0 aromatic heterocycles. The lowest BCUT2D eigenvalue weighted by molar-refractivity contribution is 0.0627. The molecule has 0 rings (SSSR count). The molecule has 0 aromatic carbocycles. The maximum atomic E-state index is 11.7. The fourth-order valence-electron chi connectivity index (χ4n) is 1.03.